The molecule has 41 heavy (non-hydrogen) atoms. The minimum atomic E-state index is -1.27. The number of carbonyl (C=O) groups excluding carboxylic acids is 3. The average molecular weight is 682 g/mol. The van der Waals surface area contributed by atoms with Gasteiger partial charge in [0, 0.05) is 16.7 Å². The van der Waals surface area contributed by atoms with Crippen molar-refractivity contribution in [3.8, 4) is 23.7 Å². The fourth-order valence-corrected chi connectivity index (χ4v) is 3.62. The Bertz CT molecular complexity index is 1480. The Hall–Kier alpha value is -4.19. The van der Waals surface area contributed by atoms with E-state index in [9.17, 15) is 19.5 Å². The van der Waals surface area contributed by atoms with E-state index in [-0.39, 0.29) is 11.5 Å². The van der Waals surface area contributed by atoms with Crippen molar-refractivity contribution in [1.82, 2.24) is 10.8 Å². The third-order valence-corrected chi connectivity index (χ3v) is 5.62. The van der Waals surface area contributed by atoms with Gasteiger partial charge in [-0.05, 0) is 111 Å². The van der Waals surface area contributed by atoms with Gasteiger partial charge in [-0.25, -0.2) is 10.3 Å². The van der Waals surface area contributed by atoms with E-state index >= 15 is 0 Å². The second kappa shape index (κ2) is 17.5. The number of nitrogens with one attached hydrogen (secondary N) is 2. The SMILES string of the molecule is COC(=O)c1ccc(C=C(Br)Br)cc1.C[C@@H](O)[C@H](NC(=O)c1ccc(C#CC#Cc2ccccc2)cc1)C(=O)NO. The van der Waals surface area contributed by atoms with Gasteiger partial charge >= 0.3 is 5.97 Å². The first kappa shape index (κ1) is 33.0. The van der Waals surface area contributed by atoms with Crippen LogP contribution in [0.3, 0.4) is 0 Å². The second-order valence-corrected chi connectivity index (χ2v) is 10.9. The number of aliphatic hydroxyl groups is 1. The molecule has 4 N–H and O–H groups in total. The van der Waals surface area contributed by atoms with Crippen LogP contribution in [0.1, 0.15) is 44.3 Å². The molecule has 0 bridgehead atoms. The Morgan fingerprint density at radius 1 is 0.854 bits per heavy atom. The molecule has 0 aliphatic rings. The third-order valence-electron chi connectivity index (χ3n) is 5.17. The van der Waals surface area contributed by atoms with E-state index in [1.165, 1.54) is 19.5 Å². The Morgan fingerprint density at radius 3 is 1.88 bits per heavy atom. The number of rotatable bonds is 6. The van der Waals surface area contributed by atoms with E-state index < -0.39 is 24.0 Å². The molecule has 0 aliphatic carbocycles. The zero-order valence-corrected chi connectivity index (χ0v) is 25.2. The van der Waals surface area contributed by atoms with Crippen LogP contribution in [-0.4, -0.2) is 47.4 Å². The molecule has 2 amide bonds. The van der Waals surface area contributed by atoms with Crippen molar-refractivity contribution in [2.45, 2.75) is 19.1 Å². The molecule has 0 aromatic heterocycles. The van der Waals surface area contributed by atoms with E-state index in [0.717, 1.165) is 14.5 Å². The number of halogens is 2. The lowest BCUT2D eigenvalue weighted by atomic mass is 10.1. The fourth-order valence-electron chi connectivity index (χ4n) is 3.09. The normalized spacial score (nSPS) is 10.9. The van der Waals surface area contributed by atoms with Crippen LogP contribution in [0.25, 0.3) is 6.08 Å². The smallest absolute Gasteiger partial charge is 0.337 e. The number of hydroxylamine groups is 1. The summed E-state index contributed by atoms with van der Waals surface area (Å²) < 4.78 is 5.44. The van der Waals surface area contributed by atoms with Gasteiger partial charge in [-0.1, -0.05) is 42.2 Å². The predicted octanol–water partition coefficient (Wildman–Crippen LogP) is 4.64. The summed E-state index contributed by atoms with van der Waals surface area (Å²) in [6.07, 6.45) is 0.718. The van der Waals surface area contributed by atoms with Crippen molar-refractivity contribution >= 4 is 55.7 Å². The Morgan fingerprint density at radius 2 is 1.39 bits per heavy atom. The molecule has 10 heteroatoms. The minimum absolute atomic E-state index is 0.285. The molecule has 0 heterocycles. The number of esters is 1. The van der Waals surface area contributed by atoms with Crippen molar-refractivity contribution < 1.29 is 29.4 Å². The van der Waals surface area contributed by atoms with Crippen molar-refractivity contribution in [2.75, 3.05) is 7.11 Å². The highest BCUT2D eigenvalue weighted by atomic mass is 79.9. The number of amides is 2. The Balaban J connectivity index is 0.000000353. The lowest BCUT2D eigenvalue weighted by Crippen LogP contribution is -2.51. The highest BCUT2D eigenvalue weighted by Crippen LogP contribution is 2.18. The van der Waals surface area contributed by atoms with Crippen LogP contribution in [0.2, 0.25) is 0 Å². The van der Waals surface area contributed by atoms with Crippen LogP contribution in [0.5, 0.6) is 0 Å². The first-order chi connectivity index (χ1) is 19.6. The molecule has 0 radical (unpaired) electrons. The lowest BCUT2D eigenvalue weighted by Gasteiger charge is -2.19. The number of carbonyl (C=O) groups is 3. The zero-order chi connectivity index (χ0) is 30.2. The standard InChI is InChI=1S/C21H18N2O4.C10H8Br2O2/c1-15(24)19(21(26)23-27)22-20(25)18-13-11-17(12-14-18)10-6-5-9-16-7-3-2-4-8-16;1-14-10(13)8-4-2-7(3-5-8)6-9(11)12/h2-4,7-8,11-15,19,24,27H,1H3,(H,22,25)(H,23,26);2-6H,1H3/t15-,19+;/m1./s1. The van der Waals surface area contributed by atoms with Gasteiger partial charge in [0.2, 0.25) is 0 Å². The van der Waals surface area contributed by atoms with Gasteiger partial charge in [0.25, 0.3) is 11.8 Å². The van der Waals surface area contributed by atoms with Crippen molar-refractivity contribution in [2.24, 2.45) is 0 Å². The van der Waals surface area contributed by atoms with E-state index in [4.69, 9.17) is 5.21 Å². The molecular weight excluding hydrogens is 656 g/mol. The van der Waals surface area contributed by atoms with Crippen molar-refractivity contribution in [3.05, 3.63) is 110 Å². The number of benzene rings is 3. The first-order valence-corrected chi connectivity index (χ1v) is 13.5. The summed E-state index contributed by atoms with van der Waals surface area (Å²) in [6.45, 7) is 1.33. The number of hydrogen-bond acceptors (Lipinski definition) is 6. The van der Waals surface area contributed by atoms with Gasteiger partial charge in [-0.3, -0.25) is 14.8 Å². The summed E-state index contributed by atoms with van der Waals surface area (Å²) in [5.74, 6) is 9.51. The van der Waals surface area contributed by atoms with Gasteiger partial charge in [0.1, 0.15) is 6.04 Å². The lowest BCUT2D eigenvalue weighted by molar-refractivity contribution is -0.133. The van der Waals surface area contributed by atoms with Crippen LogP contribution in [0.4, 0.5) is 0 Å². The minimum Gasteiger partial charge on any atom is -0.465 e. The number of aliphatic hydroxyl groups excluding tert-OH is 1. The van der Waals surface area contributed by atoms with Gasteiger partial charge in [-0.2, -0.15) is 0 Å². The zero-order valence-electron chi connectivity index (χ0n) is 22.0. The summed E-state index contributed by atoms with van der Waals surface area (Å²) in [4.78, 5) is 34.7. The molecule has 8 nitrogen and oxygen atoms in total. The van der Waals surface area contributed by atoms with Gasteiger partial charge < -0.3 is 15.2 Å². The largest absolute Gasteiger partial charge is 0.465 e. The molecule has 0 spiro atoms. The summed E-state index contributed by atoms with van der Waals surface area (Å²) in [5.41, 5.74) is 4.79. The highest BCUT2D eigenvalue weighted by molar-refractivity contribution is 9.28. The second-order valence-electron chi connectivity index (χ2n) is 8.16. The maximum atomic E-state index is 12.2. The van der Waals surface area contributed by atoms with Crippen LogP contribution in [-0.2, 0) is 9.53 Å². The van der Waals surface area contributed by atoms with Crippen LogP contribution < -0.4 is 10.8 Å². The molecule has 0 saturated carbocycles. The first-order valence-electron chi connectivity index (χ1n) is 12.0. The van der Waals surface area contributed by atoms with Crippen molar-refractivity contribution in [3.63, 3.8) is 0 Å². The maximum absolute atomic E-state index is 12.2. The number of hydrogen-bond donors (Lipinski definition) is 4. The highest BCUT2D eigenvalue weighted by Gasteiger charge is 2.25. The van der Waals surface area contributed by atoms with E-state index in [0.29, 0.717) is 11.1 Å². The fraction of sp³-hybridized carbons (Fsp3) is 0.129. The Kier molecular flexibility index (Phi) is 14.1. The predicted molar refractivity (Wildman–Crippen MR) is 163 cm³/mol. The molecule has 0 unspecified atom stereocenters. The summed E-state index contributed by atoms with van der Waals surface area (Å²) in [6, 6.07) is 21.7. The molecule has 3 aromatic carbocycles. The number of ether oxygens (including phenoxy) is 1. The van der Waals surface area contributed by atoms with Crippen LogP contribution in [0, 0.1) is 23.7 Å². The third kappa shape index (κ3) is 11.8. The molecule has 210 valence electrons. The number of methoxy groups -OCH3 is 1. The quantitative estimate of drug-likeness (QED) is 0.130. The van der Waals surface area contributed by atoms with Gasteiger partial charge in [0.05, 0.1) is 22.2 Å². The maximum Gasteiger partial charge on any atom is 0.337 e. The molecule has 2 atom stereocenters. The van der Waals surface area contributed by atoms with Gasteiger partial charge in [0.15, 0.2) is 0 Å². The molecular formula is C31H26Br2N2O6. The van der Waals surface area contributed by atoms with Crippen molar-refractivity contribution in [1.29, 1.82) is 0 Å². The molecule has 0 saturated heterocycles. The Labute approximate surface area is 255 Å². The topological polar surface area (TPSA) is 125 Å². The van der Waals surface area contributed by atoms with E-state index in [1.807, 2.05) is 48.5 Å². The summed E-state index contributed by atoms with van der Waals surface area (Å²) in [5, 5.41) is 20.6. The van der Waals surface area contributed by atoms with Crippen LogP contribution in [0.15, 0.2) is 82.3 Å². The van der Waals surface area contributed by atoms with Crippen LogP contribution >= 0.6 is 31.9 Å². The molecule has 0 fully saturated rings. The van der Waals surface area contributed by atoms with Gasteiger partial charge in [-0.15, -0.1) is 0 Å². The molecule has 0 aliphatic heterocycles. The molecule has 3 rings (SSSR count). The van der Waals surface area contributed by atoms with E-state index in [2.05, 4.69) is 65.6 Å². The summed E-state index contributed by atoms with van der Waals surface area (Å²) in [7, 11) is 1.37. The van der Waals surface area contributed by atoms with E-state index in [1.54, 1.807) is 36.4 Å². The molecule has 3 aromatic rings. The average Bonchev–Trinajstić information content (AvgIpc) is 2.98. The monoisotopic (exact) mass is 680 g/mol. The summed E-state index contributed by atoms with van der Waals surface area (Å²) >= 11 is 6.52.